The minimum atomic E-state index is 0.739. The first-order valence-corrected chi connectivity index (χ1v) is 5.92. The van der Waals surface area contributed by atoms with E-state index >= 15 is 0 Å². The summed E-state index contributed by atoms with van der Waals surface area (Å²) in [6, 6.07) is 6.17. The highest BCUT2D eigenvalue weighted by Crippen LogP contribution is 2.20. The van der Waals surface area contributed by atoms with E-state index in [1.807, 2.05) is 24.7 Å². The zero-order chi connectivity index (χ0) is 12.1. The monoisotopic (exact) mass is 230 g/mol. The molecule has 0 aliphatic rings. The maximum absolute atomic E-state index is 5.78. The largest absolute Gasteiger partial charge is 0.493 e. The van der Waals surface area contributed by atoms with E-state index in [2.05, 4.69) is 29.5 Å². The lowest BCUT2D eigenvalue weighted by molar-refractivity contribution is 0.299. The molecule has 0 saturated heterocycles. The molecule has 0 fully saturated rings. The maximum atomic E-state index is 5.78. The molecular weight excluding hydrogens is 212 g/mol. The van der Waals surface area contributed by atoms with Crippen molar-refractivity contribution in [2.24, 2.45) is 0 Å². The first-order valence-electron chi connectivity index (χ1n) is 5.92. The molecule has 0 bridgehead atoms. The predicted octanol–water partition coefficient (Wildman–Crippen LogP) is 2.97. The fraction of sp³-hybridized carbons (Fsp3) is 0.357. The summed E-state index contributed by atoms with van der Waals surface area (Å²) in [7, 11) is 0. The molecule has 0 atom stereocenters. The highest BCUT2D eigenvalue weighted by molar-refractivity contribution is 5.38. The second kappa shape index (κ2) is 5.53. The summed E-state index contributed by atoms with van der Waals surface area (Å²) < 4.78 is 7.84. The van der Waals surface area contributed by atoms with Crippen LogP contribution in [-0.2, 0) is 6.54 Å². The zero-order valence-corrected chi connectivity index (χ0v) is 10.4. The Labute approximate surface area is 102 Å². The van der Waals surface area contributed by atoms with Crippen molar-refractivity contribution in [3.8, 4) is 5.75 Å². The molecule has 2 rings (SSSR count). The maximum Gasteiger partial charge on any atom is 0.122 e. The summed E-state index contributed by atoms with van der Waals surface area (Å²) in [5.41, 5.74) is 2.51. The van der Waals surface area contributed by atoms with Crippen molar-refractivity contribution in [3.63, 3.8) is 0 Å². The lowest BCUT2D eigenvalue weighted by atomic mass is 10.1. The summed E-state index contributed by atoms with van der Waals surface area (Å²) >= 11 is 0. The van der Waals surface area contributed by atoms with Crippen LogP contribution >= 0.6 is 0 Å². The van der Waals surface area contributed by atoms with Gasteiger partial charge in [0.25, 0.3) is 0 Å². The summed E-state index contributed by atoms with van der Waals surface area (Å²) in [6.45, 7) is 5.89. The van der Waals surface area contributed by atoms with Crippen molar-refractivity contribution >= 4 is 0 Å². The van der Waals surface area contributed by atoms with Crippen molar-refractivity contribution in [1.29, 1.82) is 0 Å². The SMILES string of the molecule is Cc1cccc(OCCCn2ccnc2)c1C. The lowest BCUT2D eigenvalue weighted by Crippen LogP contribution is -2.04. The fourth-order valence-corrected chi connectivity index (χ4v) is 1.73. The molecule has 17 heavy (non-hydrogen) atoms. The Kier molecular flexibility index (Phi) is 3.81. The average Bonchev–Trinajstić information content (AvgIpc) is 2.83. The van der Waals surface area contributed by atoms with Gasteiger partial charge in [0.1, 0.15) is 5.75 Å². The highest BCUT2D eigenvalue weighted by Gasteiger charge is 2.01. The number of imidazole rings is 1. The van der Waals surface area contributed by atoms with Crippen molar-refractivity contribution < 1.29 is 4.74 Å². The molecule has 0 aliphatic heterocycles. The van der Waals surface area contributed by atoms with Gasteiger partial charge in [0.15, 0.2) is 0 Å². The van der Waals surface area contributed by atoms with Gasteiger partial charge in [-0.05, 0) is 37.5 Å². The molecule has 0 saturated carbocycles. The Morgan fingerprint density at radius 3 is 2.94 bits per heavy atom. The number of aromatic nitrogens is 2. The van der Waals surface area contributed by atoms with Gasteiger partial charge in [0.05, 0.1) is 12.9 Å². The molecule has 0 N–H and O–H groups in total. The van der Waals surface area contributed by atoms with Crippen LogP contribution in [0.4, 0.5) is 0 Å². The molecule has 2 aromatic rings. The van der Waals surface area contributed by atoms with Crippen LogP contribution in [0.15, 0.2) is 36.9 Å². The van der Waals surface area contributed by atoms with Crippen LogP contribution in [0.1, 0.15) is 17.5 Å². The molecule has 1 aromatic heterocycles. The Balaban J connectivity index is 1.80. The summed E-state index contributed by atoms with van der Waals surface area (Å²) in [4.78, 5) is 4.01. The first kappa shape index (κ1) is 11.7. The number of rotatable bonds is 5. The molecule has 90 valence electrons. The van der Waals surface area contributed by atoms with Gasteiger partial charge in [-0.2, -0.15) is 0 Å². The minimum Gasteiger partial charge on any atom is -0.493 e. The van der Waals surface area contributed by atoms with E-state index in [1.54, 1.807) is 6.20 Å². The molecule has 0 spiro atoms. The number of hydrogen-bond acceptors (Lipinski definition) is 2. The van der Waals surface area contributed by atoms with E-state index in [0.717, 1.165) is 25.3 Å². The van der Waals surface area contributed by atoms with Gasteiger partial charge in [-0.25, -0.2) is 4.98 Å². The summed E-state index contributed by atoms with van der Waals surface area (Å²) in [5, 5.41) is 0. The second-order valence-electron chi connectivity index (χ2n) is 4.20. The average molecular weight is 230 g/mol. The topological polar surface area (TPSA) is 27.1 Å². The van der Waals surface area contributed by atoms with Crippen LogP contribution in [0.5, 0.6) is 5.75 Å². The molecule has 0 radical (unpaired) electrons. The number of hydrogen-bond donors (Lipinski definition) is 0. The predicted molar refractivity (Wildman–Crippen MR) is 68.3 cm³/mol. The molecule has 3 nitrogen and oxygen atoms in total. The Morgan fingerprint density at radius 1 is 1.29 bits per heavy atom. The van der Waals surface area contributed by atoms with E-state index < -0.39 is 0 Å². The molecule has 0 amide bonds. The minimum absolute atomic E-state index is 0.739. The van der Waals surface area contributed by atoms with E-state index in [0.29, 0.717) is 0 Å². The standard InChI is InChI=1S/C14H18N2O/c1-12-5-3-6-14(13(12)2)17-10-4-8-16-9-7-15-11-16/h3,5-7,9,11H,4,8,10H2,1-2H3. The van der Waals surface area contributed by atoms with Crippen LogP contribution in [-0.4, -0.2) is 16.2 Å². The third-order valence-corrected chi connectivity index (χ3v) is 2.93. The smallest absolute Gasteiger partial charge is 0.122 e. The van der Waals surface area contributed by atoms with E-state index in [-0.39, 0.29) is 0 Å². The molecule has 0 unspecified atom stereocenters. The highest BCUT2D eigenvalue weighted by atomic mass is 16.5. The Morgan fingerprint density at radius 2 is 2.18 bits per heavy atom. The van der Waals surface area contributed by atoms with Crippen LogP contribution in [0, 0.1) is 13.8 Å². The first-order chi connectivity index (χ1) is 8.27. The fourth-order valence-electron chi connectivity index (χ4n) is 1.73. The quantitative estimate of drug-likeness (QED) is 0.738. The van der Waals surface area contributed by atoms with Crippen molar-refractivity contribution in [1.82, 2.24) is 9.55 Å². The van der Waals surface area contributed by atoms with Gasteiger partial charge in [0, 0.05) is 18.9 Å². The van der Waals surface area contributed by atoms with Gasteiger partial charge in [0.2, 0.25) is 0 Å². The second-order valence-corrected chi connectivity index (χ2v) is 4.20. The zero-order valence-electron chi connectivity index (χ0n) is 10.4. The Hall–Kier alpha value is -1.77. The van der Waals surface area contributed by atoms with Crippen LogP contribution < -0.4 is 4.74 Å². The van der Waals surface area contributed by atoms with Gasteiger partial charge in [-0.3, -0.25) is 0 Å². The summed E-state index contributed by atoms with van der Waals surface area (Å²) in [6.07, 6.45) is 6.59. The number of ether oxygens (including phenoxy) is 1. The van der Waals surface area contributed by atoms with E-state index in [9.17, 15) is 0 Å². The molecular formula is C14H18N2O. The molecule has 3 heteroatoms. The van der Waals surface area contributed by atoms with Crippen LogP contribution in [0.25, 0.3) is 0 Å². The number of nitrogens with zero attached hydrogens (tertiary/aromatic N) is 2. The normalized spacial score (nSPS) is 10.5. The summed E-state index contributed by atoms with van der Waals surface area (Å²) in [5.74, 6) is 0.996. The van der Waals surface area contributed by atoms with E-state index in [1.165, 1.54) is 11.1 Å². The number of benzene rings is 1. The molecule has 1 aromatic carbocycles. The van der Waals surface area contributed by atoms with Crippen molar-refractivity contribution in [2.75, 3.05) is 6.61 Å². The van der Waals surface area contributed by atoms with E-state index in [4.69, 9.17) is 4.74 Å². The lowest BCUT2D eigenvalue weighted by Gasteiger charge is -2.10. The van der Waals surface area contributed by atoms with Crippen LogP contribution in [0.2, 0.25) is 0 Å². The van der Waals surface area contributed by atoms with Gasteiger partial charge < -0.3 is 9.30 Å². The third-order valence-electron chi connectivity index (χ3n) is 2.93. The molecule has 1 heterocycles. The number of aryl methyl sites for hydroxylation is 2. The van der Waals surface area contributed by atoms with Gasteiger partial charge >= 0.3 is 0 Å². The molecule has 0 aliphatic carbocycles. The van der Waals surface area contributed by atoms with Gasteiger partial charge in [-0.1, -0.05) is 12.1 Å². The third kappa shape index (κ3) is 3.09. The van der Waals surface area contributed by atoms with Crippen LogP contribution in [0.3, 0.4) is 0 Å². The van der Waals surface area contributed by atoms with Gasteiger partial charge in [-0.15, -0.1) is 0 Å². The Bertz CT molecular complexity index is 463. The van der Waals surface area contributed by atoms with Crippen molar-refractivity contribution in [3.05, 3.63) is 48.0 Å². The van der Waals surface area contributed by atoms with Crippen molar-refractivity contribution in [2.45, 2.75) is 26.8 Å².